The van der Waals surface area contributed by atoms with E-state index in [4.69, 9.17) is 4.74 Å². The fourth-order valence-corrected chi connectivity index (χ4v) is 3.11. The van der Waals surface area contributed by atoms with Crippen LogP contribution in [0.25, 0.3) is 5.57 Å². The monoisotopic (exact) mass is 334 g/mol. The number of unbranched alkanes of at least 4 members (excludes halogenated alkanes) is 1. The molecule has 0 spiro atoms. The summed E-state index contributed by atoms with van der Waals surface area (Å²) in [5.41, 5.74) is 1.32. The van der Waals surface area contributed by atoms with Crippen LogP contribution in [0, 0.1) is 17.6 Å². The number of halogens is 2. The van der Waals surface area contributed by atoms with Crippen molar-refractivity contribution in [3.8, 4) is 5.75 Å². The van der Waals surface area contributed by atoms with E-state index >= 15 is 0 Å². The summed E-state index contributed by atoms with van der Waals surface area (Å²) >= 11 is 0. The first-order chi connectivity index (χ1) is 11.7. The summed E-state index contributed by atoms with van der Waals surface area (Å²) in [6, 6.07) is 3.22. The Kier molecular flexibility index (Phi) is 7.48. The lowest BCUT2D eigenvalue weighted by Gasteiger charge is -2.22. The van der Waals surface area contributed by atoms with Crippen molar-refractivity contribution >= 4 is 5.57 Å². The molecule has 0 amide bonds. The molecule has 1 aromatic rings. The Morgan fingerprint density at radius 1 is 1.25 bits per heavy atom. The van der Waals surface area contributed by atoms with Gasteiger partial charge in [0, 0.05) is 5.56 Å². The van der Waals surface area contributed by atoms with Gasteiger partial charge in [0.2, 0.25) is 5.82 Å². The maximum Gasteiger partial charge on any atom is 0.201 e. The minimum atomic E-state index is -0.861. The van der Waals surface area contributed by atoms with Crippen molar-refractivity contribution in [3.05, 3.63) is 47.6 Å². The third-order valence-electron chi connectivity index (χ3n) is 4.65. The second-order valence-corrected chi connectivity index (χ2v) is 6.46. The zero-order valence-corrected chi connectivity index (χ0v) is 14.8. The number of hydrogen-bond acceptors (Lipinski definition) is 1. The Morgan fingerprint density at radius 3 is 2.75 bits per heavy atom. The Morgan fingerprint density at radius 2 is 2.08 bits per heavy atom. The highest BCUT2D eigenvalue weighted by atomic mass is 19.2. The molecule has 1 aliphatic carbocycles. The van der Waals surface area contributed by atoms with E-state index in [0.29, 0.717) is 18.1 Å². The average Bonchev–Trinajstić information content (AvgIpc) is 2.60. The third-order valence-corrected chi connectivity index (χ3v) is 4.65. The largest absolute Gasteiger partial charge is 0.490 e. The first-order valence-corrected chi connectivity index (χ1v) is 9.08. The van der Waals surface area contributed by atoms with E-state index in [-0.39, 0.29) is 5.75 Å². The van der Waals surface area contributed by atoms with Gasteiger partial charge in [-0.15, -0.1) is 0 Å². The highest BCUT2D eigenvalue weighted by molar-refractivity contribution is 5.67. The lowest BCUT2D eigenvalue weighted by Crippen LogP contribution is -2.07. The molecule has 0 bridgehead atoms. The van der Waals surface area contributed by atoms with E-state index in [1.807, 2.05) is 13.8 Å². The molecule has 132 valence electrons. The first-order valence-electron chi connectivity index (χ1n) is 9.08. The first kappa shape index (κ1) is 18.7. The van der Waals surface area contributed by atoms with Gasteiger partial charge in [0.05, 0.1) is 6.61 Å². The van der Waals surface area contributed by atoms with Crippen LogP contribution < -0.4 is 4.74 Å². The molecule has 1 atom stereocenters. The van der Waals surface area contributed by atoms with Crippen molar-refractivity contribution in [2.24, 2.45) is 5.92 Å². The maximum absolute atomic E-state index is 14.4. The summed E-state index contributed by atoms with van der Waals surface area (Å²) in [6.07, 6.45) is 13.2. The molecule has 0 aliphatic heterocycles. The van der Waals surface area contributed by atoms with Crippen molar-refractivity contribution in [2.45, 2.75) is 58.8 Å². The fraction of sp³-hybridized carbons (Fsp3) is 0.524. The van der Waals surface area contributed by atoms with Crippen molar-refractivity contribution in [2.75, 3.05) is 6.61 Å². The molecule has 0 heterocycles. The molecule has 0 aromatic heterocycles. The van der Waals surface area contributed by atoms with Crippen LogP contribution in [-0.4, -0.2) is 6.61 Å². The lowest BCUT2D eigenvalue weighted by molar-refractivity contribution is 0.288. The van der Waals surface area contributed by atoms with Crippen LogP contribution in [0.2, 0.25) is 0 Å². The van der Waals surface area contributed by atoms with Crippen molar-refractivity contribution in [1.82, 2.24) is 0 Å². The van der Waals surface area contributed by atoms with Crippen molar-refractivity contribution in [3.63, 3.8) is 0 Å². The lowest BCUT2D eigenvalue weighted by atomic mass is 9.84. The molecule has 1 unspecified atom stereocenters. The second-order valence-electron chi connectivity index (χ2n) is 6.46. The third kappa shape index (κ3) is 4.93. The molecule has 0 radical (unpaired) electrons. The van der Waals surface area contributed by atoms with E-state index < -0.39 is 11.6 Å². The van der Waals surface area contributed by atoms with Gasteiger partial charge < -0.3 is 4.74 Å². The smallest absolute Gasteiger partial charge is 0.201 e. The molecule has 1 aliphatic rings. The van der Waals surface area contributed by atoms with Crippen LogP contribution in [0.5, 0.6) is 5.75 Å². The Labute approximate surface area is 144 Å². The summed E-state index contributed by atoms with van der Waals surface area (Å²) in [6.45, 7) is 4.49. The fourth-order valence-electron chi connectivity index (χ4n) is 3.11. The predicted octanol–water partition coefficient (Wildman–Crippen LogP) is 6.68. The SMILES string of the molecule is CC=CCCC1CC=C(c2ccc(OCCCC)c(F)c2F)CC1. The molecule has 1 nitrogen and oxygen atoms in total. The molecule has 0 saturated carbocycles. The molecular formula is C21H28F2O. The van der Waals surface area contributed by atoms with Crippen LogP contribution in [0.4, 0.5) is 8.78 Å². The van der Waals surface area contributed by atoms with Crippen molar-refractivity contribution < 1.29 is 13.5 Å². The van der Waals surface area contributed by atoms with Gasteiger partial charge in [-0.2, -0.15) is 4.39 Å². The van der Waals surface area contributed by atoms with Gasteiger partial charge in [0.15, 0.2) is 11.6 Å². The van der Waals surface area contributed by atoms with Crippen LogP contribution >= 0.6 is 0 Å². The molecule has 2 rings (SSSR count). The summed E-state index contributed by atoms with van der Waals surface area (Å²) in [5.74, 6) is -0.970. The molecular weight excluding hydrogens is 306 g/mol. The molecule has 1 aromatic carbocycles. The minimum Gasteiger partial charge on any atom is -0.490 e. The van der Waals surface area contributed by atoms with E-state index in [2.05, 4.69) is 18.2 Å². The highest BCUT2D eigenvalue weighted by Crippen LogP contribution is 2.35. The van der Waals surface area contributed by atoms with Gasteiger partial charge in [-0.05, 0) is 69.1 Å². The summed E-state index contributed by atoms with van der Waals surface area (Å²) in [7, 11) is 0. The van der Waals surface area contributed by atoms with Gasteiger partial charge in [-0.3, -0.25) is 0 Å². The van der Waals surface area contributed by atoms with E-state index in [1.54, 1.807) is 12.1 Å². The summed E-state index contributed by atoms with van der Waals surface area (Å²) in [4.78, 5) is 0. The minimum absolute atomic E-state index is 0.0188. The number of hydrogen-bond donors (Lipinski definition) is 0. The normalized spacial score (nSPS) is 18.0. The molecule has 0 fully saturated rings. The van der Waals surface area contributed by atoms with Crippen LogP contribution in [0.1, 0.15) is 64.4 Å². The predicted molar refractivity (Wildman–Crippen MR) is 96.1 cm³/mol. The quantitative estimate of drug-likeness (QED) is 0.380. The Balaban J connectivity index is 2.03. The number of ether oxygens (including phenoxy) is 1. The summed E-state index contributed by atoms with van der Waals surface area (Å²) < 4.78 is 33.9. The van der Waals surface area contributed by atoms with E-state index in [9.17, 15) is 8.78 Å². The maximum atomic E-state index is 14.4. The molecule has 3 heteroatoms. The zero-order valence-electron chi connectivity index (χ0n) is 14.8. The van der Waals surface area contributed by atoms with Gasteiger partial charge in [0.25, 0.3) is 0 Å². The van der Waals surface area contributed by atoms with Crippen LogP contribution in [0.3, 0.4) is 0 Å². The zero-order chi connectivity index (χ0) is 17.4. The summed E-state index contributed by atoms with van der Waals surface area (Å²) in [5, 5.41) is 0. The standard InChI is InChI=1S/C21H28F2O/c1-3-5-7-8-16-9-11-17(12-10-16)18-13-14-19(21(23)20(18)22)24-15-6-4-2/h3,5,11,13-14,16H,4,6-10,12,15H2,1-2H3. The average molecular weight is 334 g/mol. The van der Waals surface area contributed by atoms with Gasteiger partial charge in [0.1, 0.15) is 0 Å². The van der Waals surface area contributed by atoms with Crippen molar-refractivity contribution in [1.29, 1.82) is 0 Å². The molecule has 0 N–H and O–H groups in total. The number of benzene rings is 1. The van der Waals surface area contributed by atoms with Crippen LogP contribution in [0.15, 0.2) is 30.4 Å². The van der Waals surface area contributed by atoms with Crippen LogP contribution in [-0.2, 0) is 0 Å². The topological polar surface area (TPSA) is 9.23 Å². The van der Waals surface area contributed by atoms with Gasteiger partial charge in [-0.25, -0.2) is 4.39 Å². The van der Waals surface area contributed by atoms with E-state index in [0.717, 1.165) is 50.5 Å². The van der Waals surface area contributed by atoms with Gasteiger partial charge in [-0.1, -0.05) is 31.6 Å². The number of rotatable bonds is 8. The molecule has 24 heavy (non-hydrogen) atoms. The second kappa shape index (κ2) is 9.61. The highest BCUT2D eigenvalue weighted by Gasteiger charge is 2.20. The van der Waals surface area contributed by atoms with E-state index in [1.165, 1.54) is 0 Å². The Hall–Kier alpha value is -1.64. The molecule has 0 saturated heterocycles. The Bertz CT molecular complexity index is 590. The number of allylic oxidation sites excluding steroid dienone is 4. The van der Waals surface area contributed by atoms with Gasteiger partial charge >= 0.3 is 0 Å².